The van der Waals surface area contributed by atoms with Gasteiger partial charge < -0.3 is 10.5 Å². The summed E-state index contributed by atoms with van der Waals surface area (Å²) in [6.07, 6.45) is 6.99. The highest BCUT2D eigenvalue weighted by molar-refractivity contribution is 4.73. The molecule has 0 saturated heterocycles. The average Bonchev–Trinajstić information content (AvgIpc) is 2.02. The number of nitrogens with two attached hydrogens (primary N) is 1. The van der Waals surface area contributed by atoms with Crippen molar-refractivity contribution in [3.63, 3.8) is 0 Å². The number of hydrogen-bond donors (Lipinski definition) is 1. The van der Waals surface area contributed by atoms with E-state index in [-0.39, 0.29) is 5.54 Å². The highest BCUT2D eigenvalue weighted by atomic mass is 16.5. The van der Waals surface area contributed by atoms with Crippen LogP contribution in [0.5, 0.6) is 0 Å². The third kappa shape index (κ3) is 4.07. The van der Waals surface area contributed by atoms with Crippen LogP contribution < -0.4 is 5.73 Å². The SMILES string of the molecule is CC(C)(N)COC1CCCCC1. The molecule has 0 aromatic carbocycles. The van der Waals surface area contributed by atoms with Crippen molar-refractivity contribution in [1.82, 2.24) is 0 Å². The molecule has 0 bridgehead atoms. The Morgan fingerprint density at radius 1 is 1.25 bits per heavy atom. The summed E-state index contributed by atoms with van der Waals surface area (Å²) in [7, 11) is 0. The van der Waals surface area contributed by atoms with Gasteiger partial charge in [0.05, 0.1) is 12.7 Å². The lowest BCUT2D eigenvalue weighted by Crippen LogP contribution is -2.39. The molecule has 1 aliphatic rings. The molecule has 2 nitrogen and oxygen atoms in total. The van der Waals surface area contributed by atoms with Gasteiger partial charge in [0.25, 0.3) is 0 Å². The third-order valence-corrected chi connectivity index (χ3v) is 2.24. The van der Waals surface area contributed by atoms with E-state index in [4.69, 9.17) is 10.5 Å². The zero-order valence-electron chi connectivity index (χ0n) is 8.31. The Morgan fingerprint density at radius 2 is 1.83 bits per heavy atom. The Kier molecular flexibility index (Phi) is 3.53. The van der Waals surface area contributed by atoms with Gasteiger partial charge in [0.1, 0.15) is 0 Å². The van der Waals surface area contributed by atoms with E-state index in [1.807, 2.05) is 13.8 Å². The molecule has 0 aliphatic heterocycles. The molecule has 2 N–H and O–H groups in total. The van der Waals surface area contributed by atoms with Gasteiger partial charge in [0, 0.05) is 5.54 Å². The smallest absolute Gasteiger partial charge is 0.0644 e. The quantitative estimate of drug-likeness (QED) is 0.705. The van der Waals surface area contributed by atoms with Crippen molar-refractivity contribution in [2.45, 2.75) is 57.6 Å². The highest BCUT2D eigenvalue weighted by Crippen LogP contribution is 2.20. The first-order chi connectivity index (χ1) is 5.58. The fraction of sp³-hybridized carbons (Fsp3) is 1.00. The van der Waals surface area contributed by atoms with Gasteiger partial charge in [0.15, 0.2) is 0 Å². The first kappa shape index (κ1) is 10.0. The molecule has 2 heteroatoms. The van der Waals surface area contributed by atoms with E-state index in [0.717, 1.165) is 0 Å². The lowest BCUT2D eigenvalue weighted by atomic mass is 9.97. The van der Waals surface area contributed by atoms with E-state index in [9.17, 15) is 0 Å². The molecule has 72 valence electrons. The molecule has 12 heavy (non-hydrogen) atoms. The second-order valence-corrected chi connectivity index (χ2v) is 4.56. The van der Waals surface area contributed by atoms with Crippen LogP contribution >= 0.6 is 0 Å². The topological polar surface area (TPSA) is 35.2 Å². The highest BCUT2D eigenvalue weighted by Gasteiger charge is 2.17. The van der Waals surface area contributed by atoms with Crippen molar-refractivity contribution < 1.29 is 4.74 Å². The molecule has 0 aromatic rings. The summed E-state index contributed by atoms with van der Waals surface area (Å²) >= 11 is 0. The van der Waals surface area contributed by atoms with Gasteiger partial charge in [-0.2, -0.15) is 0 Å². The van der Waals surface area contributed by atoms with Crippen LogP contribution in [-0.4, -0.2) is 18.2 Å². The molecule has 0 unspecified atom stereocenters. The van der Waals surface area contributed by atoms with E-state index < -0.39 is 0 Å². The summed E-state index contributed by atoms with van der Waals surface area (Å²) in [6, 6.07) is 0. The third-order valence-electron chi connectivity index (χ3n) is 2.24. The zero-order chi connectivity index (χ0) is 9.03. The zero-order valence-corrected chi connectivity index (χ0v) is 8.31. The molecule has 1 saturated carbocycles. The lowest BCUT2D eigenvalue weighted by Gasteiger charge is -2.26. The first-order valence-corrected chi connectivity index (χ1v) is 4.98. The second-order valence-electron chi connectivity index (χ2n) is 4.56. The first-order valence-electron chi connectivity index (χ1n) is 4.98. The molecule has 0 spiro atoms. The standard InChI is InChI=1S/C10H21NO/c1-10(2,11)8-12-9-6-4-3-5-7-9/h9H,3-8,11H2,1-2H3. The summed E-state index contributed by atoms with van der Waals surface area (Å²) in [5.41, 5.74) is 5.66. The van der Waals surface area contributed by atoms with E-state index in [0.29, 0.717) is 12.7 Å². The molecular weight excluding hydrogens is 150 g/mol. The van der Waals surface area contributed by atoms with Crippen LogP contribution in [0.2, 0.25) is 0 Å². The van der Waals surface area contributed by atoms with Crippen molar-refractivity contribution in [2.75, 3.05) is 6.61 Å². The molecule has 0 heterocycles. The van der Waals surface area contributed by atoms with Gasteiger partial charge in [-0.1, -0.05) is 19.3 Å². The molecule has 1 aliphatic carbocycles. The van der Waals surface area contributed by atoms with Gasteiger partial charge in [-0.15, -0.1) is 0 Å². The molecule has 1 rings (SSSR count). The second kappa shape index (κ2) is 4.24. The summed E-state index contributed by atoms with van der Waals surface area (Å²) in [5.74, 6) is 0. The molecule has 0 amide bonds. The predicted octanol–water partition coefficient (Wildman–Crippen LogP) is 2.07. The van der Waals surface area contributed by atoms with E-state index >= 15 is 0 Å². The van der Waals surface area contributed by atoms with Gasteiger partial charge in [-0.3, -0.25) is 0 Å². The van der Waals surface area contributed by atoms with E-state index in [2.05, 4.69) is 0 Å². The number of rotatable bonds is 3. The maximum absolute atomic E-state index is 5.83. The minimum Gasteiger partial charge on any atom is -0.376 e. The summed E-state index contributed by atoms with van der Waals surface area (Å²) in [6.45, 7) is 4.71. The predicted molar refractivity (Wildman–Crippen MR) is 51.1 cm³/mol. The van der Waals surface area contributed by atoms with Crippen LogP contribution in [0.4, 0.5) is 0 Å². The fourth-order valence-corrected chi connectivity index (χ4v) is 1.56. The molecular formula is C10H21NO. The Bertz CT molecular complexity index is 122. The van der Waals surface area contributed by atoms with Gasteiger partial charge >= 0.3 is 0 Å². The average molecular weight is 171 g/mol. The van der Waals surface area contributed by atoms with Crippen LogP contribution in [0.1, 0.15) is 46.0 Å². The molecule has 0 radical (unpaired) electrons. The van der Waals surface area contributed by atoms with Crippen LogP contribution in [0.25, 0.3) is 0 Å². The monoisotopic (exact) mass is 171 g/mol. The van der Waals surface area contributed by atoms with Crippen molar-refractivity contribution in [3.05, 3.63) is 0 Å². The summed E-state index contributed by atoms with van der Waals surface area (Å²) < 4.78 is 5.72. The van der Waals surface area contributed by atoms with Crippen molar-refractivity contribution >= 4 is 0 Å². The van der Waals surface area contributed by atoms with Crippen molar-refractivity contribution in [3.8, 4) is 0 Å². The van der Waals surface area contributed by atoms with Crippen LogP contribution in [0, 0.1) is 0 Å². The normalized spacial score (nSPS) is 21.2. The fourth-order valence-electron chi connectivity index (χ4n) is 1.56. The minimum absolute atomic E-state index is 0.169. The summed E-state index contributed by atoms with van der Waals surface area (Å²) in [4.78, 5) is 0. The van der Waals surface area contributed by atoms with Crippen molar-refractivity contribution in [2.24, 2.45) is 5.73 Å². The van der Waals surface area contributed by atoms with E-state index in [1.165, 1.54) is 32.1 Å². The number of ether oxygens (including phenoxy) is 1. The van der Waals surface area contributed by atoms with Gasteiger partial charge in [-0.05, 0) is 26.7 Å². The lowest BCUT2D eigenvalue weighted by molar-refractivity contribution is 0.00681. The van der Waals surface area contributed by atoms with Crippen LogP contribution in [-0.2, 0) is 4.74 Å². The minimum atomic E-state index is -0.169. The molecule has 0 atom stereocenters. The maximum atomic E-state index is 5.83. The Labute approximate surface area is 75.5 Å². The Morgan fingerprint density at radius 3 is 2.33 bits per heavy atom. The molecule has 0 aromatic heterocycles. The Balaban J connectivity index is 2.13. The largest absolute Gasteiger partial charge is 0.376 e. The van der Waals surface area contributed by atoms with E-state index in [1.54, 1.807) is 0 Å². The summed E-state index contributed by atoms with van der Waals surface area (Å²) in [5, 5.41) is 0. The van der Waals surface area contributed by atoms with Crippen molar-refractivity contribution in [1.29, 1.82) is 0 Å². The van der Waals surface area contributed by atoms with Crippen LogP contribution in [0.15, 0.2) is 0 Å². The maximum Gasteiger partial charge on any atom is 0.0644 e. The molecule has 1 fully saturated rings. The Hall–Kier alpha value is -0.0800. The number of hydrogen-bond acceptors (Lipinski definition) is 2. The van der Waals surface area contributed by atoms with Gasteiger partial charge in [-0.25, -0.2) is 0 Å². The van der Waals surface area contributed by atoms with Gasteiger partial charge in [0.2, 0.25) is 0 Å². The van der Waals surface area contributed by atoms with Crippen LogP contribution in [0.3, 0.4) is 0 Å².